The molecule has 1 saturated carbocycles. The van der Waals surface area contributed by atoms with Gasteiger partial charge in [-0.25, -0.2) is 4.39 Å². The van der Waals surface area contributed by atoms with Gasteiger partial charge in [0.15, 0.2) is 17.2 Å². The summed E-state index contributed by atoms with van der Waals surface area (Å²) in [6, 6.07) is 3.54. The molecule has 0 radical (unpaired) electrons. The van der Waals surface area contributed by atoms with Crippen LogP contribution < -0.4 is 4.74 Å². The van der Waals surface area contributed by atoms with Crippen molar-refractivity contribution in [2.24, 2.45) is 7.05 Å². The van der Waals surface area contributed by atoms with E-state index in [-0.39, 0.29) is 11.1 Å². The molecular formula is C17H12FIN6O. The monoisotopic (exact) mass is 462 g/mol. The van der Waals surface area contributed by atoms with Crippen LogP contribution in [0, 0.1) is 27.6 Å². The number of ether oxygens (including phenoxy) is 1. The van der Waals surface area contributed by atoms with E-state index < -0.39 is 11.4 Å². The lowest BCUT2D eigenvalue weighted by Gasteiger charge is -2.28. The molecule has 0 bridgehead atoms. The van der Waals surface area contributed by atoms with Gasteiger partial charge in [0.05, 0.1) is 26.7 Å². The quantitative estimate of drug-likeness (QED) is 0.520. The molecule has 0 amide bonds. The Morgan fingerprint density at radius 3 is 2.77 bits per heavy atom. The molecule has 5 rings (SSSR count). The van der Waals surface area contributed by atoms with Gasteiger partial charge in [-0.05, 0) is 42.4 Å². The van der Waals surface area contributed by atoms with Crippen molar-refractivity contribution >= 4 is 22.6 Å². The van der Waals surface area contributed by atoms with Gasteiger partial charge in [-0.2, -0.15) is 10.4 Å². The Morgan fingerprint density at radius 1 is 1.38 bits per heavy atom. The zero-order valence-corrected chi connectivity index (χ0v) is 16.1. The predicted molar refractivity (Wildman–Crippen MR) is 97.2 cm³/mol. The van der Waals surface area contributed by atoms with Gasteiger partial charge in [-0.3, -0.25) is 9.25 Å². The van der Waals surface area contributed by atoms with Crippen LogP contribution in [0.4, 0.5) is 4.39 Å². The van der Waals surface area contributed by atoms with E-state index >= 15 is 4.39 Å². The number of fused-ring (bicyclic) bond motifs is 4. The summed E-state index contributed by atoms with van der Waals surface area (Å²) in [6.07, 6.45) is 3.23. The Bertz CT molecular complexity index is 1120. The Morgan fingerprint density at radius 2 is 2.15 bits per heavy atom. The third-order valence-corrected chi connectivity index (χ3v) is 5.72. The van der Waals surface area contributed by atoms with Gasteiger partial charge in [0.1, 0.15) is 23.3 Å². The third kappa shape index (κ3) is 1.87. The van der Waals surface area contributed by atoms with Crippen molar-refractivity contribution in [3.63, 3.8) is 0 Å². The van der Waals surface area contributed by atoms with Crippen molar-refractivity contribution in [1.29, 1.82) is 5.26 Å². The normalized spacial score (nSPS) is 16.0. The Hall–Kier alpha value is -2.48. The Kier molecular flexibility index (Phi) is 3.05. The van der Waals surface area contributed by atoms with Crippen LogP contribution in [0.3, 0.4) is 0 Å². The van der Waals surface area contributed by atoms with Gasteiger partial charge < -0.3 is 4.74 Å². The molecule has 0 saturated heterocycles. The number of hydrogen-bond donors (Lipinski definition) is 0. The molecule has 0 unspecified atom stereocenters. The smallest absolute Gasteiger partial charge is 0.182 e. The summed E-state index contributed by atoms with van der Waals surface area (Å²) in [5.41, 5.74) is 0.846. The molecule has 9 heteroatoms. The molecule has 1 fully saturated rings. The maximum absolute atomic E-state index is 15.2. The van der Waals surface area contributed by atoms with E-state index in [9.17, 15) is 5.26 Å². The van der Waals surface area contributed by atoms with Crippen LogP contribution in [-0.2, 0) is 12.6 Å². The fourth-order valence-corrected chi connectivity index (χ4v) is 4.29. The average Bonchev–Trinajstić information content (AvgIpc) is 3.15. The second kappa shape index (κ2) is 5.03. The standard InChI is InChI=1S/C17H12FIN6O/c1-8-22-23-16-17(3-4-17)26-15-9(6-20)13(10(18)5-12(15)25(8)16)14-11(19)7-21-24(14)2/h5,7H,3-4H2,1-2H3. The second-order valence-electron chi connectivity index (χ2n) is 6.54. The van der Waals surface area contributed by atoms with E-state index in [0.717, 1.165) is 16.4 Å². The van der Waals surface area contributed by atoms with Gasteiger partial charge >= 0.3 is 0 Å². The largest absolute Gasteiger partial charge is 0.476 e. The van der Waals surface area contributed by atoms with Crippen molar-refractivity contribution in [2.75, 3.05) is 0 Å². The highest BCUT2D eigenvalue weighted by molar-refractivity contribution is 14.1. The number of halogens is 2. The van der Waals surface area contributed by atoms with E-state index in [1.807, 2.05) is 6.92 Å². The zero-order valence-electron chi connectivity index (χ0n) is 13.9. The first-order chi connectivity index (χ1) is 12.5. The maximum atomic E-state index is 15.2. The summed E-state index contributed by atoms with van der Waals surface area (Å²) in [5.74, 6) is 1.20. The van der Waals surface area contributed by atoms with Crippen molar-refractivity contribution in [3.8, 4) is 28.8 Å². The van der Waals surface area contributed by atoms with E-state index in [4.69, 9.17) is 4.74 Å². The summed E-state index contributed by atoms with van der Waals surface area (Å²) in [7, 11) is 1.73. The lowest BCUT2D eigenvalue weighted by molar-refractivity contribution is 0.156. The SMILES string of the molecule is Cc1nnc2n1-c1cc(F)c(-c3c(I)cnn3C)c(C#N)c1OC21CC1. The van der Waals surface area contributed by atoms with Crippen LogP contribution >= 0.6 is 22.6 Å². The van der Waals surface area contributed by atoms with Crippen molar-refractivity contribution in [1.82, 2.24) is 24.5 Å². The molecule has 3 aromatic rings. The Labute approximate surface area is 161 Å². The minimum absolute atomic E-state index is 0.173. The molecule has 2 aliphatic rings. The number of rotatable bonds is 1. The molecule has 1 aliphatic heterocycles. The Balaban J connectivity index is 1.87. The van der Waals surface area contributed by atoms with E-state index in [0.29, 0.717) is 28.8 Å². The van der Waals surface area contributed by atoms with Crippen molar-refractivity contribution in [2.45, 2.75) is 25.4 Å². The van der Waals surface area contributed by atoms with E-state index in [1.165, 1.54) is 6.07 Å². The number of nitrogens with zero attached hydrogens (tertiary/aromatic N) is 6. The van der Waals surface area contributed by atoms with Crippen LogP contribution in [-0.4, -0.2) is 24.5 Å². The summed E-state index contributed by atoms with van der Waals surface area (Å²) in [6.45, 7) is 1.81. The molecule has 7 nitrogen and oxygen atoms in total. The number of hydrogen-bond acceptors (Lipinski definition) is 5. The minimum Gasteiger partial charge on any atom is -0.476 e. The number of benzene rings is 1. The molecular weight excluding hydrogens is 450 g/mol. The number of aromatic nitrogens is 5. The fourth-order valence-electron chi connectivity index (χ4n) is 3.54. The highest BCUT2D eigenvalue weighted by Crippen LogP contribution is 2.55. The molecule has 130 valence electrons. The summed E-state index contributed by atoms with van der Waals surface area (Å²) in [4.78, 5) is 0. The van der Waals surface area contributed by atoms with Crippen LogP contribution in [0.1, 0.15) is 30.1 Å². The first-order valence-corrected chi connectivity index (χ1v) is 9.11. The second-order valence-corrected chi connectivity index (χ2v) is 7.70. The minimum atomic E-state index is -0.561. The summed E-state index contributed by atoms with van der Waals surface area (Å²) < 4.78 is 25.5. The molecule has 0 N–H and O–H groups in total. The third-order valence-electron chi connectivity index (χ3n) is 4.93. The van der Waals surface area contributed by atoms with Gasteiger partial charge in [0, 0.05) is 13.1 Å². The lowest BCUT2D eigenvalue weighted by atomic mass is 10.0. The molecule has 3 heterocycles. The number of aryl methyl sites for hydroxylation is 2. The predicted octanol–water partition coefficient (Wildman–Crippen LogP) is 2.97. The van der Waals surface area contributed by atoms with Crippen LogP contribution in [0.5, 0.6) is 5.75 Å². The molecule has 0 atom stereocenters. The van der Waals surface area contributed by atoms with Crippen molar-refractivity contribution in [3.05, 3.63) is 38.9 Å². The van der Waals surface area contributed by atoms with Crippen LogP contribution in [0.2, 0.25) is 0 Å². The summed E-state index contributed by atoms with van der Waals surface area (Å²) >= 11 is 2.09. The first-order valence-electron chi connectivity index (χ1n) is 8.03. The van der Waals surface area contributed by atoms with Gasteiger partial charge in [-0.15, -0.1) is 10.2 Å². The van der Waals surface area contributed by atoms with Gasteiger partial charge in [-0.1, -0.05) is 0 Å². The van der Waals surface area contributed by atoms with Crippen LogP contribution in [0.25, 0.3) is 16.9 Å². The van der Waals surface area contributed by atoms with E-state index in [1.54, 1.807) is 22.5 Å². The maximum Gasteiger partial charge on any atom is 0.182 e. The van der Waals surface area contributed by atoms with Crippen LogP contribution in [0.15, 0.2) is 12.3 Å². The highest BCUT2D eigenvalue weighted by Gasteiger charge is 2.55. The van der Waals surface area contributed by atoms with Gasteiger partial charge in [0.2, 0.25) is 0 Å². The summed E-state index contributed by atoms with van der Waals surface area (Å²) in [5, 5.41) is 22.4. The first kappa shape index (κ1) is 15.7. The zero-order chi connectivity index (χ0) is 18.2. The average molecular weight is 462 g/mol. The molecule has 1 aromatic carbocycles. The molecule has 2 aromatic heterocycles. The van der Waals surface area contributed by atoms with Crippen molar-refractivity contribution < 1.29 is 9.13 Å². The molecule has 1 spiro atoms. The van der Waals surface area contributed by atoms with Gasteiger partial charge in [0.25, 0.3) is 0 Å². The molecule has 1 aliphatic carbocycles. The van der Waals surface area contributed by atoms with E-state index in [2.05, 4.69) is 44.0 Å². The molecule has 26 heavy (non-hydrogen) atoms. The fraction of sp³-hybridized carbons (Fsp3) is 0.294. The highest BCUT2D eigenvalue weighted by atomic mass is 127. The topological polar surface area (TPSA) is 81.5 Å². The lowest BCUT2D eigenvalue weighted by Crippen LogP contribution is -2.28. The number of nitriles is 1.